The zero-order valence-electron chi connectivity index (χ0n) is 11.5. The van der Waals surface area contributed by atoms with Crippen LogP contribution in [0, 0.1) is 12.7 Å². The first-order valence-electron chi connectivity index (χ1n) is 6.53. The van der Waals surface area contributed by atoms with Gasteiger partial charge in [-0.05, 0) is 55.4 Å². The van der Waals surface area contributed by atoms with Gasteiger partial charge < -0.3 is 10.1 Å². The predicted octanol–water partition coefficient (Wildman–Crippen LogP) is 4.69. The molecule has 0 fully saturated rings. The van der Waals surface area contributed by atoms with Gasteiger partial charge in [-0.1, -0.05) is 18.5 Å². The second-order valence-corrected chi connectivity index (χ2v) is 4.98. The highest BCUT2D eigenvalue weighted by Crippen LogP contribution is 2.30. The summed E-state index contributed by atoms with van der Waals surface area (Å²) in [6.07, 6.45) is 0. The summed E-state index contributed by atoms with van der Waals surface area (Å²) < 4.78 is 19.2. The molecule has 0 aliphatic carbocycles. The molecule has 2 rings (SSSR count). The number of hydrogen-bond acceptors (Lipinski definition) is 2. The molecule has 2 nitrogen and oxygen atoms in total. The van der Waals surface area contributed by atoms with Crippen molar-refractivity contribution in [3.63, 3.8) is 0 Å². The fourth-order valence-electron chi connectivity index (χ4n) is 1.89. The van der Waals surface area contributed by atoms with Crippen LogP contribution in [0.5, 0.6) is 11.5 Å². The van der Waals surface area contributed by atoms with Crippen molar-refractivity contribution in [2.24, 2.45) is 0 Å². The lowest BCUT2D eigenvalue weighted by atomic mass is 10.2. The maximum Gasteiger partial charge on any atom is 0.132 e. The van der Waals surface area contributed by atoms with Crippen LogP contribution in [0.4, 0.5) is 4.39 Å². The van der Waals surface area contributed by atoms with E-state index in [9.17, 15) is 4.39 Å². The van der Waals surface area contributed by atoms with Crippen LogP contribution >= 0.6 is 11.6 Å². The van der Waals surface area contributed by atoms with Crippen molar-refractivity contribution >= 4 is 11.6 Å². The zero-order valence-corrected chi connectivity index (χ0v) is 12.3. The lowest BCUT2D eigenvalue weighted by Gasteiger charge is -2.13. The Morgan fingerprint density at radius 1 is 1.15 bits per heavy atom. The van der Waals surface area contributed by atoms with E-state index < -0.39 is 0 Å². The first-order chi connectivity index (χ1) is 9.60. The molecule has 20 heavy (non-hydrogen) atoms. The Hall–Kier alpha value is -1.58. The molecule has 0 unspecified atom stereocenters. The lowest BCUT2D eigenvalue weighted by molar-refractivity contribution is 0.467. The van der Waals surface area contributed by atoms with Crippen molar-refractivity contribution in [1.29, 1.82) is 0 Å². The maximum atomic E-state index is 13.3. The van der Waals surface area contributed by atoms with Crippen molar-refractivity contribution in [2.75, 3.05) is 6.54 Å². The average molecular weight is 294 g/mol. The topological polar surface area (TPSA) is 21.3 Å². The summed E-state index contributed by atoms with van der Waals surface area (Å²) in [4.78, 5) is 0. The van der Waals surface area contributed by atoms with Crippen molar-refractivity contribution in [2.45, 2.75) is 20.4 Å². The third kappa shape index (κ3) is 3.71. The molecule has 0 heterocycles. The number of ether oxygens (including phenoxy) is 1. The van der Waals surface area contributed by atoms with E-state index in [4.69, 9.17) is 16.3 Å². The Morgan fingerprint density at radius 3 is 2.60 bits per heavy atom. The first kappa shape index (κ1) is 14.8. The van der Waals surface area contributed by atoms with Gasteiger partial charge in [0, 0.05) is 17.1 Å². The largest absolute Gasteiger partial charge is 0.457 e. The van der Waals surface area contributed by atoms with Gasteiger partial charge in [0.05, 0.1) is 0 Å². The monoisotopic (exact) mass is 293 g/mol. The average Bonchev–Trinajstić information content (AvgIpc) is 2.41. The molecule has 0 aliphatic heterocycles. The SMILES string of the molecule is CCNCc1cc(F)ccc1Oc1ccc(Cl)cc1C. The minimum Gasteiger partial charge on any atom is -0.457 e. The molecule has 1 N–H and O–H groups in total. The van der Waals surface area contributed by atoms with Crippen molar-refractivity contribution in [3.05, 3.63) is 58.4 Å². The highest BCUT2D eigenvalue weighted by atomic mass is 35.5. The van der Waals surface area contributed by atoms with E-state index in [1.54, 1.807) is 12.1 Å². The lowest BCUT2D eigenvalue weighted by Crippen LogP contribution is -2.12. The molecular formula is C16H17ClFNO. The molecule has 0 radical (unpaired) electrons. The molecule has 4 heteroatoms. The Labute approximate surface area is 123 Å². The maximum absolute atomic E-state index is 13.3. The molecule has 106 valence electrons. The summed E-state index contributed by atoms with van der Waals surface area (Å²) in [5, 5.41) is 3.84. The second-order valence-electron chi connectivity index (χ2n) is 4.54. The highest BCUT2D eigenvalue weighted by molar-refractivity contribution is 6.30. The number of halogens is 2. The van der Waals surface area contributed by atoms with E-state index in [0.717, 1.165) is 23.4 Å². The molecule has 0 saturated heterocycles. The number of rotatable bonds is 5. The molecule has 2 aromatic rings. The summed E-state index contributed by atoms with van der Waals surface area (Å²) in [7, 11) is 0. The van der Waals surface area contributed by atoms with E-state index in [1.807, 2.05) is 26.0 Å². The molecule has 2 aromatic carbocycles. The third-order valence-electron chi connectivity index (χ3n) is 2.94. The standard InChI is InChI=1S/C16H17ClFNO/c1-3-19-10-12-9-14(18)5-7-16(12)20-15-6-4-13(17)8-11(15)2/h4-9,19H,3,10H2,1-2H3. The van der Waals surface area contributed by atoms with Crippen LogP contribution in [0.2, 0.25) is 5.02 Å². The van der Waals surface area contributed by atoms with Crippen LogP contribution in [-0.2, 0) is 6.54 Å². The van der Waals surface area contributed by atoms with E-state index in [-0.39, 0.29) is 5.82 Å². The van der Waals surface area contributed by atoms with E-state index in [1.165, 1.54) is 12.1 Å². The Balaban J connectivity index is 2.27. The van der Waals surface area contributed by atoms with Crippen molar-refractivity contribution in [3.8, 4) is 11.5 Å². The Kier molecular flexibility index (Phi) is 4.99. The van der Waals surface area contributed by atoms with Crippen molar-refractivity contribution < 1.29 is 9.13 Å². The Morgan fingerprint density at radius 2 is 1.90 bits per heavy atom. The summed E-state index contributed by atoms with van der Waals surface area (Å²) in [6, 6.07) is 9.97. The number of nitrogens with one attached hydrogen (secondary N) is 1. The van der Waals surface area contributed by atoms with Crippen LogP contribution in [0.3, 0.4) is 0 Å². The zero-order chi connectivity index (χ0) is 14.5. The third-order valence-corrected chi connectivity index (χ3v) is 3.18. The quantitative estimate of drug-likeness (QED) is 0.863. The van der Waals surface area contributed by atoms with Crippen LogP contribution in [-0.4, -0.2) is 6.54 Å². The Bertz CT molecular complexity index is 601. The minimum atomic E-state index is -0.266. The van der Waals surface area contributed by atoms with Gasteiger partial charge in [0.15, 0.2) is 0 Å². The van der Waals surface area contributed by atoms with Crippen LogP contribution in [0.15, 0.2) is 36.4 Å². The van der Waals surface area contributed by atoms with Gasteiger partial charge in [0.25, 0.3) is 0 Å². The minimum absolute atomic E-state index is 0.266. The van der Waals surface area contributed by atoms with Gasteiger partial charge in [-0.25, -0.2) is 4.39 Å². The van der Waals surface area contributed by atoms with Crippen molar-refractivity contribution in [1.82, 2.24) is 5.32 Å². The first-order valence-corrected chi connectivity index (χ1v) is 6.91. The second kappa shape index (κ2) is 6.73. The van der Waals surface area contributed by atoms with E-state index >= 15 is 0 Å². The summed E-state index contributed by atoms with van der Waals surface area (Å²) in [5.74, 6) is 1.11. The van der Waals surface area contributed by atoms with Gasteiger partial charge in [-0.3, -0.25) is 0 Å². The smallest absolute Gasteiger partial charge is 0.132 e. The summed E-state index contributed by atoms with van der Waals surface area (Å²) in [5.41, 5.74) is 1.73. The molecular weight excluding hydrogens is 277 g/mol. The van der Waals surface area contributed by atoms with E-state index in [0.29, 0.717) is 17.3 Å². The molecule has 0 aromatic heterocycles. The van der Waals surface area contributed by atoms with Gasteiger partial charge >= 0.3 is 0 Å². The van der Waals surface area contributed by atoms with Crippen LogP contribution in [0.1, 0.15) is 18.1 Å². The number of hydrogen-bond donors (Lipinski definition) is 1. The normalized spacial score (nSPS) is 10.6. The molecule has 0 atom stereocenters. The van der Waals surface area contributed by atoms with Gasteiger partial charge in [-0.2, -0.15) is 0 Å². The molecule has 0 saturated carbocycles. The molecule has 0 amide bonds. The van der Waals surface area contributed by atoms with Crippen LogP contribution in [0.25, 0.3) is 0 Å². The summed E-state index contributed by atoms with van der Waals surface area (Å²) in [6.45, 7) is 5.31. The summed E-state index contributed by atoms with van der Waals surface area (Å²) >= 11 is 5.93. The fourth-order valence-corrected chi connectivity index (χ4v) is 2.12. The van der Waals surface area contributed by atoms with Gasteiger partial charge in [0.1, 0.15) is 17.3 Å². The highest BCUT2D eigenvalue weighted by Gasteiger charge is 2.08. The van der Waals surface area contributed by atoms with Crippen LogP contribution < -0.4 is 10.1 Å². The van der Waals surface area contributed by atoms with E-state index in [2.05, 4.69) is 5.32 Å². The molecule has 0 aliphatic rings. The molecule has 0 spiro atoms. The number of benzene rings is 2. The fraction of sp³-hybridized carbons (Fsp3) is 0.250. The van der Waals surface area contributed by atoms with Gasteiger partial charge in [0.2, 0.25) is 0 Å². The number of aryl methyl sites for hydroxylation is 1. The predicted molar refractivity (Wildman–Crippen MR) is 80.0 cm³/mol. The van der Waals surface area contributed by atoms with Gasteiger partial charge in [-0.15, -0.1) is 0 Å². The molecule has 0 bridgehead atoms.